The molecule has 11 heteroatoms. The van der Waals surface area contributed by atoms with Crippen molar-refractivity contribution in [3.05, 3.63) is 85.1 Å². The van der Waals surface area contributed by atoms with Crippen LogP contribution in [-0.2, 0) is 32.7 Å². The van der Waals surface area contributed by atoms with Gasteiger partial charge in [-0.1, -0.05) is 137 Å². The van der Waals surface area contributed by atoms with Crippen molar-refractivity contribution < 1.29 is 42.7 Å². The van der Waals surface area contributed by atoms with Crippen LogP contribution in [0.3, 0.4) is 0 Å². The second kappa shape index (κ2) is 40.4. The molecule has 4 N–H and O–H groups in total. The van der Waals surface area contributed by atoms with E-state index in [-0.39, 0.29) is 13.0 Å². The van der Waals surface area contributed by atoms with E-state index in [2.05, 4.69) is 98.9 Å². The molecule has 0 amide bonds. The minimum absolute atomic E-state index is 0.0144. The van der Waals surface area contributed by atoms with Crippen LogP contribution in [0.2, 0.25) is 0 Å². The fraction of sp³-hybridized carbons (Fsp3) is 0.644. The van der Waals surface area contributed by atoms with Crippen molar-refractivity contribution in [1.82, 2.24) is 0 Å². The zero-order valence-corrected chi connectivity index (χ0v) is 35.6. The Labute approximate surface area is 339 Å². The summed E-state index contributed by atoms with van der Waals surface area (Å²) in [6.45, 7) is 3.62. The van der Waals surface area contributed by atoms with Crippen LogP contribution in [-0.4, -0.2) is 60.5 Å². The molecule has 320 valence electrons. The summed E-state index contributed by atoms with van der Waals surface area (Å²) in [7, 11) is -4.63. The van der Waals surface area contributed by atoms with Crippen molar-refractivity contribution in [2.24, 2.45) is 5.73 Å². The van der Waals surface area contributed by atoms with Crippen molar-refractivity contribution in [3.63, 3.8) is 0 Å². The van der Waals surface area contributed by atoms with Gasteiger partial charge in [-0.15, -0.1) is 0 Å². The van der Waals surface area contributed by atoms with Gasteiger partial charge in [0.05, 0.1) is 19.8 Å². The van der Waals surface area contributed by atoms with Gasteiger partial charge >= 0.3 is 19.8 Å². The first-order chi connectivity index (χ1) is 27.2. The Kier molecular flexibility index (Phi) is 38.3. The van der Waals surface area contributed by atoms with Crippen LogP contribution >= 0.6 is 7.82 Å². The third kappa shape index (κ3) is 39.4. The summed E-state index contributed by atoms with van der Waals surface area (Å²) in [6.07, 6.45) is 50.7. The summed E-state index contributed by atoms with van der Waals surface area (Å²) in [5.74, 6) is -1.81. The Balaban J connectivity index is 4.33. The number of carboxylic acids is 1. The molecule has 0 aromatic rings. The van der Waals surface area contributed by atoms with Crippen molar-refractivity contribution >= 4 is 19.8 Å². The topological polar surface area (TPSA) is 155 Å². The molecule has 3 atom stereocenters. The first-order valence-electron chi connectivity index (χ1n) is 21.1. The number of phosphoric ester groups is 1. The van der Waals surface area contributed by atoms with Gasteiger partial charge in [0.1, 0.15) is 12.1 Å². The molecule has 0 aliphatic rings. The monoisotopic (exact) mass is 806 g/mol. The Hall–Kier alpha value is -2.85. The van der Waals surface area contributed by atoms with Crippen molar-refractivity contribution in [1.29, 1.82) is 0 Å². The van der Waals surface area contributed by atoms with E-state index in [1.54, 1.807) is 0 Å². The molecule has 3 unspecified atom stereocenters. The highest BCUT2D eigenvalue weighted by Crippen LogP contribution is 2.43. The van der Waals surface area contributed by atoms with Crippen LogP contribution in [0.5, 0.6) is 0 Å². The molecule has 0 heterocycles. The lowest BCUT2D eigenvalue weighted by Gasteiger charge is -2.20. The van der Waals surface area contributed by atoms with Gasteiger partial charge in [0.2, 0.25) is 0 Å². The second-order valence-corrected chi connectivity index (χ2v) is 15.2. The molecule has 10 nitrogen and oxygen atoms in total. The van der Waals surface area contributed by atoms with Gasteiger partial charge < -0.3 is 25.2 Å². The fourth-order valence-corrected chi connectivity index (χ4v) is 5.91. The minimum Gasteiger partial charge on any atom is -0.480 e. The number of allylic oxidation sites excluding steroid dienone is 14. The van der Waals surface area contributed by atoms with E-state index in [1.807, 2.05) is 0 Å². The van der Waals surface area contributed by atoms with E-state index in [0.717, 1.165) is 103 Å². The molecular weight excluding hydrogens is 729 g/mol. The number of aliphatic carboxylic acids is 1. The lowest BCUT2D eigenvalue weighted by Crippen LogP contribution is -2.34. The van der Waals surface area contributed by atoms with E-state index < -0.39 is 45.1 Å². The van der Waals surface area contributed by atoms with Gasteiger partial charge in [-0.2, -0.15) is 0 Å². The number of unbranched alkanes of at least 4 members (excludes halogenated alkanes) is 11. The Morgan fingerprint density at radius 3 is 1.57 bits per heavy atom. The Bertz CT molecular complexity index is 1210. The number of phosphoric acid groups is 1. The molecule has 0 spiro atoms. The average molecular weight is 806 g/mol. The smallest absolute Gasteiger partial charge is 0.472 e. The van der Waals surface area contributed by atoms with Gasteiger partial charge in [0.15, 0.2) is 0 Å². The normalized spacial score (nSPS) is 14.8. The number of carbonyl (C=O) groups is 2. The van der Waals surface area contributed by atoms with Crippen LogP contribution in [0.4, 0.5) is 0 Å². The van der Waals surface area contributed by atoms with Gasteiger partial charge in [-0.3, -0.25) is 18.6 Å². The number of esters is 1. The number of carboxylic acid groups (broad SMARTS) is 1. The lowest BCUT2D eigenvalue weighted by molar-refractivity contribution is -0.154. The number of carbonyl (C=O) groups excluding carboxylic acids is 1. The summed E-state index contributed by atoms with van der Waals surface area (Å²) in [4.78, 5) is 33.5. The third-order valence-corrected chi connectivity index (χ3v) is 9.36. The molecule has 0 aliphatic carbocycles. The first-order valence-corrected chi connectivity index (χ1v) is 22.6. The summed E-state index contributed by atoms with van der Waals surface area (Å²) >= 11 is 0. The van der Waals surface area contributed by atoms with E-state index in [0.29, 0.717) is 13.0 Å². The van der Waals surface area contributed by atoms with Gasteiger partial charge in [-0.05, 0) is 89.9 Å². The molecule has 0 rings (SSSR count). The molecular formula is C45H76NO9P. The summed E-state index contributed by atoms with van der Waals surface area (Å²) in [6, 6.07) is -1.48. The van der Waals surface area contributed by atoms with E-state index in [9.17, 15) is 19.0 Å². The SMILES string of the molecule is CC/C=C\C/C=C\C/C=C\C/C=C\C/C=C\C/C=C\CCCCCOCC(COP(=O)(O)OCC(N)C(=O)O)OC(=O)CCCCCCC/C=C\CCCCC. The highest BCUT2D eigenvalue weighted by molar-refractivity contribution is 7.47. The van der Waals surface area contributed by atoms with Crippen LogP contribution in [0.25, 0.3) is 0 Å². The van der Waals surface area contributed by atoms with E-state index >= 15 is 0 Å². The van der Waals surface area contributed by atoms with Crippen LogP contribution in [0.1, 0.15) is 149 Å². The molecule has 0 bridgehead atoms. The number of nitrogens with two attached hydrogens (primary N) is 1. The zero-order valence-electron chi connectivity index (χ0n) is 34.7. The zero-order chi connectivity index (χ0) is 41.2. The van der Waals surface area contributed by atoms with Crippen molar-refractivity contribution in [2.75, 3.05) is 26.4 Å². The standard InChI is InChI=1S/C45H76NO9P/c1-3-5-7-9-11-13-15-17-18-19-20-21-22-23-24-25-26-28-30-32-34-36-38-52-39-42(40-53-56(50,51)54-41-43(46)45(48)49)55-44(47)37-35-33-31-29-27-16-14-12-10-8-6-4-2/h5,7,11-14,17-18,20-21,23-24,26,28,42-43H,3-4,6,8-10,15-16,19,22,25,27,29-41,46H2,1-2H3,(H,48,49)(H,50,51)/b7-5-,13-11-,14-12-,18-17-,21-20-,24-23-,28-26-. The van der Waals surface area contributed by atoms with Crippen LogP contribution in [0.15, 0.2) is 85.1 Å². The van der Waals surface area contributed by atoms with Gasteiger partial charge in [-0.25, -0.2) is 4.57 Å². The quantitative estimate of drug-likeness (QED) is 0.0237. The molecule has 0 aromatic carbocycles. The molecule has 0 saturated carbocycles. The average Bonchev–Trinajstić information content (AvgIpc) is 3.18. The summed E-state index contributed by atoms with van der Waals surface area (Å²) < 4.78 is 33.2. The van der Waals surface area contributed by atoms with Gasteiger partial charge in [0.25, 0.3) is 0 Å². The number of hydrogen-bond donors (Lipinski definition) is 3. The number of ether oxygens (including phenoxy) is 2. The number of rotatable bonds is 39. The maximum atomic E-state index is 12.6. The van der Waals surface area contributed by atoms with E-state index in [4.69, 9.17) is 29.4 Å². The van der Waals surface area contributed by atoms with Crippen molar-refractivity contribution in [2.45, 2.75) is 161 Å². The predicted octanol–water partition coefficient (Wildman–Crippen LogP) is 11.6. The first kappa shape index (κ1) is 53.1. The highest BCUT2D eigenvalue weighted by atomic mass is 31.2. The maximum Gasteiger partial charge on any atom is 0.472 e. The fourth-order valence-electron chi connectivity index (χ4n) is 5.13. The largest absolute Gasteiger partial charge is 0.480 e. The molecule has 0 saturated heterocycles. The predicted molar refractivity (Wildman–Crippen MR) is 230 cm³/mol. The second-order valence-electron chi connectivity index (χ2n) is 13.7. The highest BCUT2D eigenvalue weighted by Gasteiger charge is 2.27. The summed E-state index contributed by atoms with van der Waals surface area (Å²) in [5, 5.41) is 8.88. The lowest BCUT2D eigenvalue weighted by atomic mass is 10.1. The molecule has 0 aliphatic heterocycles. The minimum atomic E-state index is -4.63. The molecule has 0 radical (unpaired) electrons. The molecule has 0 aromatic heterocycles. The Morgan fingerprint density at radius 1 is 0.589 bits per heavy atom. The molecule has 0 fully saturated rings. The van der Waals surface area contributed by atoms with Gasteiger partial charge in [0, 0.05) is 13.0 Å². The summed E-state index contributed by atoms with van der Waals surface area (Å²) in [5.41, 5.74) is 5.34. The van der Waals surface area contributed by atoms with Crippen LogP contribution < -0.4 is 5.73 Å². The Morgan fingerprint density at radius 2 is 1.04 bits per heavy atom. The third-order valence-electron chi connectivity index (χ3n) is 8.41. The van der Waals surface area contributed by atoms with Crippen molar-refractivity contribution in [3.8, 4) is 0 Å². The van der Waals surface area contributed by atoms with Crippen LogP contribution in [0, 0.1) is 0 Å². The number of hydrogen-bond acceptors (Lipinski definition) is 8. The van der Waals surface area contributed by atoms with E-state index in [1.165, 1.54) is 19.3 Å². The molecule has 56 heavy (non-hydrogen) atoms. The maximum absolute atomic E-state index is 12.6.